The molecule has 0 aliphatic heterocycles. The molecule has 0 heterocycles. The first-order chi connectivity index (χ1) is 10.3. The van der Waals surface area contributed by atoms with Gasteiger partial charge in [0, 0.05) is 6.54 Å². The lowest BCUT2D eigenvalue weighted by molar-refractivity contribution is 0.656. The van der Waals surface area contributed by atoms with Crippen molar-refractivity contribution in [1.82, 2.24) is 0 Å². The van der Waals surface area contributed by atoms with Crippen molar-refractivity contribution >= 4 is 17.3 Å². The van der Waals surface area contributed by atoms with E-state index in [4.69, 9.17) is 11.6 Å². The van der Waals surface area contributed by atoms with Crippen LogP contribution in [0.15, 0.2) is 12.1 Å². The van der Waals surface area contributed by atoms with Gasteiger partial charge in [0.05, 0.1) is 10.7 Å². The number of nitrogens with one attached hydrogen (secondary N) is 1. The summed E-state index contributed by atoms with van der Waals surface area (Å²) in [6.07, 6.45) is 6.51. The van der Waals surface area contributed by atoms with Gasteiger partial charge in [0.1, 0.15) is 0 Å². The van der Waals surface area contributed by atoms with Crippen molar-refractivity contribution in [2.75, 3.05) is 11.9 Å². The first-order valence-corrected chi connectivity index (χ1v) is 9.22. The van der Waals surface area contributed by atoms with Crippen LogP contribution in [0.1, 0.15) is 77.3 Å². The Balaban J connectivity index is 0.000000510. The van der Waals surface area contributed by atoms with Crippen molar-refractivity contribution < 1.29 is 0 Å². The lowest BCUT2D eigenvalue weighted by Crippen LogP contribution is -2.06. The zero-order chi connectivity index (χ0) is 15.8. The van der Waals surface area contributed by atoms with Crippen LogP contribution in [0.25, 0.3) is 0 Å². The van der Waals surface area contributed by atoms with Crippen molar-refractivity contribution in [2.24, 2.45) is 5.92 Å². The van der Waals surface area contributed by atoms with Crippen LogP contribution < -0.4 is 5.32 Å². The van der Waals surface area contributed by atoms with Crippen LogP contribution in [0.5, 0.6) is 0 Å². The molecule has 0 bridgehead atoms. The number of rotatable bonds is 4. The van der Waals surface area contributed by atoms with E-state index in [-0.39, 0.29) is 0 Å². The normalized spacial score (nSPS) is 18.9. The average molecular weight is 310 g/mol. The van der Waals surface area contributed by atoms with E-state index in [1.165, 1.54) is 48.9 Å². The number of benzene rings is 1. The van der Waals surface area contributed by atoms with E-state index in [0.29, 0.717) is 0 Å². The quantitative estimate of drug-likeness (QED) is 0.656. The van der Waals surface area contributed by atoms with Crippen molar-refractivity contribution in [3.63, 3.8) is 0 Å². The summed E-state index contributed by atoms with van der Waals surface area (Å²) in [6.45, 7) is 11.4. The van der Waals surface area contributed by atoms with Gasteiger partial charge in [0.25, 0.3) is 0 Å². The second kappa shape index (κ2) is 9.35. The minimum atomic E-state index is 0.753. The van der Waals surface area contributed by atoms with E-state index in [0.717, 1.165) is 23.4 Å². The van der Waals surface area contributed by atoms with Gasteiger partial charge in [-0.05, 0) is 61.1 Å². The molecule has 120 valence electrons. The fraction of sp³-hybridized carbons (Fsp3) is 0.684. The largest absolute Gasteiger partial charge is 0.383 e. The first-order valence-electron chi connectivity index (χ1n) is 8.84. The smallest absolute Gasteiger partial charge is 0.0640 e. The lowest BCUT2D eigenvalue weighted by atomic mass is 9.98. The SMILES string of the molecule is CC.CC.CCC1CCc2c1ccc(Cl)c2NCC1CC1. The van der Waals surface area contributed by atoms with Gasteiger partial charge in [-0.3, -0.25) is 0 Å². The molecule has 3 rings (SSSR count). The third-order valence-electron chi connectivity index (χ3n) is 4.24. The molecule has 0 aromatic heterocycles. The molecule has 2 aliphatic carbocycles. The van der Waals surface area contributed by atoms with Crippen LogP contribution in [-0.2, 0) is 6.42 Å². The van der Waals surface area contributed by atoms with Crippen molar-refractivity contribution in [3.8, 4) is 0 Å². The summed E-state index contributed by atoms with van der Waals surface area (Å²) in [7, 11) is 0. The van der Waals surface area contributed by atoms with Crippen molar-refractivity contribution in [2.45, 2.75) is 72.6 Å². The maximum atomic E-state index is 6.34. The van der Waals surface area contributed by atoms with Crippen molar-refractivity contribution in [3.05, 3.63) is 28.3 Å². The molecule has 0 amide bonds. The van der Waals surface area contributed by atoms with Crippen LogP contribution in [0.4, 0.5) is 5.69 Å². The molecule has 1 aromatic rings. The minimum absolute atomic E-state index is 0.753. The fourth-order valence-corrected chi connectivity index (χ4v) is 3.19. The van der Waals surface area contributed by atoms with Gasteiger partial charge in [0.2, 0.25) is 0 Å². The first kappa shape index (κ1) is 18.4. The standard InChI is InChI=1S/C15H20ClN.2C2H6/c1-2-11-5-6-13-12(11)7-8-14(16)15(13)17-9-10-3-4-10;2*1-2/h7-8,10-11,17H,2-6,9H2,1H3;2*1-2H3. The van der Waals surface area contributed by atoms with Gasteiger partial charge in [0.15, 0.2) is 0 Å². The van der Waals surface area contributed by atoms with E-state index in [2.05, 4.69) is 24.4 Å². The highest BCUT2D eigenvalue weighted by atomic mass is 35.5. The Labute approximate surface area is 136 Å². The second-order valence-electron chi connectivity index (χ2n) is 5.46. The van der Waals surface area contributed by atoms with Crippen molar-refractivity contribution in [1.29, 1.82) is 0 Å². The van der Waals surface area contributed by atoms with Gasteiger partial charge in [-0.25, -0.2) is 0 Å². The number of halogens is 1. The van der Waals surface area contributed by atoms with E-state index in [9.17, 15) is 0 Å². The summed E-state index contributed by atoms with van der Waals surface area (Å²) < 4.78 is 0. The summed E-state index contributed by atoms with van der Waals surface area (Å²) in [6, 6.07) is 4.31. The molecule has 21 heavy (non-hydrogen) atoms. The number of fused-ring (bicyclic) bond motifs is 1. The molecule has 1 saturated carbocycles. The molecule has 1 N–H and O–H groups in total. The van der Waals surface area contributed by atoms with Gasteiger partial charge >= 0.3 is 0 Å². The molecule has 2 aliphatic rings. The Hall–Kier alpha value is -0.690. The zero-order valence-corrected chi connectivity index (χ0v) is 15.2. The average Bonchev–Trinajstić information content (AvgIpc) is 3.28. The molecular weight excluding hydrogens is 278 g/mol. The van der Waals surface area contributed by atoms with E-state index >= 15 is 0 Å². The number of anilines is 1. The predicted molar refractivity (Wildman–Crippen MR) is 96.7 cm³/mol. The summed E-state index contributed by atoms with van der Waals surface area (Å²) in [5.74, 6) is 1.65. The van der Waals surface area contributed by atoms with E-state index < -0.39 is 0 Å². The van der Waals surface area contributed by atoms with E-state index in [1.54, 1.807) is 0 Å². The van der Waals surface area contributed by atoms with E-state index in [1.807, 2.05) is 27.7 Å². The van der Waals surface area contributed by atoms with Gasteiger partial charge < -0.3 is 5.32 Å². The summed E-state index contributed by atoms with van der Waals surface area (Å²) in [4.78, 5) is 0. The Kier molecular flexibility index (Phi) is 8.18. The van der Waals surface area contributed by atoms with Crippen LogP contribution in [0, 0.1) is 5.92 Å². The summed E-state index contributed by atoms with van der Waals surface area (Å²) in [5.41, 5.74) is 4.26. The Bertz CT molecular complexity index is 424. The molecule has 1 fully saturated rings. The molecule has 1 aromatic carbocycles. The molecular formula is C19H32ClN. The molecule has 1 unspecified atom stereocenters. The third-order valence-corrected chi connectivity index (χ3v) is 4.55. The number of hydrogen-bond acceptors (Lipinski definition) is 1. The summed E-state index contributed by atoms with van der Waals surface area (Å²) >= 11 is 6.34. The van der Waals surface area contributed by atoms with Crippen LogP contribution in [0.3, 0.4) is 0 Å². The number of hydrogen-bond donors (Lipinski definition) is 1. The topological polar surface area (TPSA) is 12.0 Å². The Morgan fingerprint density at radius 3 is 2.33 bits per heavy atom. The predicted octanol–water partition coefficient (Wildman–Crippen LogP) is 6.65. The fourth-order valence-electron chi connectivity index (χ4n) is 2.94. The molecule has 1 atom stereocenters. The zero-order valence-electron chi connectivity index (χ0n) is 14.4. The second-order valence-corrected chi connectivity index (χ2v) is 5.87. The molecule has 1 nitrogen and oxygen atoms in total. The Morgan fingerprint density at radius 2 is 1.76 bits per heavy atom. The monoisotopic (exact) mass is 309 g/mol. The van der Waals surface area contributed by atoms with Crippen LogP contribution in [-0.4, -0.2) is 6.54 Å². The van der Waals surface area contributed by atoms with Crippen LogP contribution >= 0.6 is 11.6 Å². The molecule has 0 saturated heterocycles. The van der Waals surface area contributed by atoms with Gasteiger partial charge in [-0.15, -0.1) is 0 Å². The minimum Gasteiger partial charge on any atom is -0.383 e. The molecule has 0 spiro atoms. The lowest BCUT2D eigenvalue weighted by Gasteiger charge is -2.14. The Morgan fingerprint density at radius 1 is 1.10 bits per heavy atom. The maximum Gasteiger partial charge on any atom is 0.0640 e. The highest BCUT2D eigenvalue weighted by Crippen LogP contribution is 2.42. The molecule has 0 radical (unpaired) electrons. The highest BCUT2D eigenvalue weighted by molar-refractivity contribution is 6.33. The highest BCUT2D eigenvalue weighted by Gasteiger charge is 2.26. The summed E-state index contributed by atoms with van der Waals surface area (Å²) in [5, 5.41) is 4.49. The van der Waals surface area contributed by atoms with Gasteiger partial charge in [-0.1, -0.05) is 52.3 Å². The molecule has 2 heteroatoms. The van der Waals surface area contributed by atoms with Crippen LogP contribution in [0.2, 0.25) is 5.02 Å². The van der Waals surface area contributed by atoms with Gasteiger partial charge in [-0.2, -0.15) is 0 Å². The third kappa shape index (κ3) is 4.64. The maximum absolute atomic E-state index is 6.34.